The molecule has 0 radical (unpaired) electrons. The van der Waals surface area contributed by atoms with Crippen molar-refractivity contribution < 1.29 is 4.79 Å². The minimum atomic E-state index is -0.301. The summed E-state index contributed by atoms with van der Waals surface area (Å²) in [5, 5.41) is 6.70. The Balaban J connectivity index is 1.77. The highest BCUT2D eigenvalue weighted by molar-refractivity contribution is 6.31. The smallest absolute Gasteiger partial charge is 0.274 e. The van der Waals surface area contributed by atoms with Crippen LogP contribution in [0.4, 0.5) is 11.5 Å². The molecule has 3 aromatic rings. The van der Waals surface area contributed by atoms with E-state index in [1.807, 2.05) is 25.1 Å². The average molecular weight is 381 g/mol. The summed E-state index contributed by atoms with van der Waals surface area (Å²) in [6, 6.07) is 15.2. The van der Waals surface area contributed by atoms with E-state index >= 15 is 0 Å². The molecule has 0 unspecified atom stereocenters. The first kappa shape index (κ1) is 18.9. The molecular formula is C21H21ClN4O. The van der Waals surface area contributed by atoms with E-state index in [0.717, 1.165) is 5.56 Å². The van der Waals surface area contributed by atoms with Crippen molar-refractivity contribution in [2.75, 3.05) is 10.6 Å². The van der Waals surface area contributed by atoms with Gasteiger partial charge in [0.05, 0.1) is 0 Å². The highest BCUT2D eigenvalue weighted by Crippen LogP contribution is 2.21. The van der Waals surface area contributed by atoms with Crippen molar-refractivity contribution in [1.29, 1.82) is 0 Å². The third-order valence-electron chi connectivity index (χ3n) is 4.24. The molecule has 0 aliphatic rings. The second-order valence-corrected chi connectivity index (χ2v) is 6.82. The Labute approximate surface area is 163 Å². The zero-order chi connectivity index (χ0) is 19.4. The fraction of sp³-hybridized carbons (Fsp3) is 0.190. The van der Waals surface area contributed by atoms with Gasteiger partial charge in [-0.05, 0) is 49.6 Å². The summed E-state index contributed by atoms with van der Waals surface area (Å²) in [5.74, 6) is 0.835. The molecule has 138 valence electrons. The molecule has 1 aromatic heterocycles. The van der Waals surface area contributed by atoms with Gasteiger partial charge in [-0.2, -0.15) is 0 Å². The normalized spacial score (nSPS) is 10.5. The first-order valence-electron chi connectivity index (χ1n) is 8.64. The summed E-state index contributed by atoms with van der Waals surface area (Å²) in [6.45, 7) is 6.36. The van der Waals surface area contributed by atoms with Crippen LogP contribution in [-0.4, -0.2) is 15.9 Å². The molecule has 27 heavy (non-hydrogen) atoms. The highest BCUT2D eigenvalue weighted by atomic mass is 35.5. The molecule has 0 aliphatic carbocycles. The Bertz CT molecular complexity index is 988. The SMILES string of the molecule is Cc1nc(NCc2ccccc2C)cc(C(=O)Nc2cc(Cl)ccc2C)n1. The molecule has 0 bridgehead atoms. The number of nitrogens with one attached hydrogen (secondary N) is 2. The predicted molar refractivity (Wildman–Crippen MR) is 109 cm³/mol. The molecule has 2 N–H and O–H groups in total. The third-order valence-corrected chi connectivity index (χ3v) is 4.47. The maximum atomic E-state index is 12.6. The van der Waals surface area contributed by atoms with E-state index in [0.29, 0.717) is 34.6 Å². The molecular weight excluding hydrogens is 360 g/mol. The van der Waals surface area contributed by atoms with Crippen LogP contribution in [0, 0.1) is 20.8 Å². The zero-order valence-electron chi connectivity index (χ0n) is 15.5. The number of halogens is 1. The van der Waals surface area contributed by atoms with Crippen molar-refractivity contribution in [2.45, 2.75) is 27.3 Å². The molecule has 1 amide bonds. The first-order valence-corrected chi connectivity index (χ1v) is 9.02. The number of aryl methyl sites for hydroxylation is 3. The van der Waals surface area contributed by atoms with Gasteiger partial charge in [0.2, 0.25) is 0 Å². The monoisotopic (exact) mass is 380 g/mol. The fourth-order valence-electron chi connectivity index (χ4n) is 2.68. The largest absolute Gasteiger partial charge is 0.366 e. The van der Waals surface area contributed by atoms with E-state index in [4.69, 9.17) is 11.6 Å². The van der Waals surface area contributed by atoms with Gasteiger partial charge >= 0.3 is 0 Å². The molecule has 3 rings (SSSR count). The summed E-state index contributed by atoms with van der Waals surface area (Å²) < 4.78 is 0. The van der Waals surface area contributed by atoms with Crippen molar-refractivity contribution in [2.24, 2.45) is 0 Å². The number of rotatable bonds is 5. The van der Waals surface area contributed by atoms with Gasteiger partial charge in [-0.1, -0.05) is 41.9 Å². The van der Waals surface area contributed by atoms with Crippen LogP contribution >= 0.6 is 11.6 Å². The Morgan fingerprint density at radius 1 is 1.00 bits per heavy atom. The molecule has 0 saturated heterocycles. The van der Waals surface area contributed by atoms with Crippen LogP contribution in [0.25, 0.3) is 0 Å². The van der Waals surface area contributed by atoms with Crippen LogP contribution in [0.15, 0.2) is 48.5 Å². The second kappa shape index (κ2) is 8.18. The van der Waals surface area contributed by atoms with E-state index in [9.17, 15) is 4.79 Å². The van der Waals surface area contributed by atoms with Crippen molar-refractivity contribution in [3.8, 4) is 0 Å². The van der Waals surface area contributed by atoms with Gasteiger partial charge in [0.25, 0.3) is 5.91 Å². The van der Waals surface area contributed by atoms with Crippen LogP contribution in [0.1, 0.15) is 33.0 Å². The van der Waals surface area contributed by atoms with Crippen LogP contribution in [0.2, 0.25) is 5.02 Å². The maximum Gasteiger partial charge on any atom is 0.274 e. The van der Waals surface area contributed by atoms with E-state index in [-0.39, 0.29) is 5.91 Å². The van der Waals surface area contributed by atoms with Gasteiger partial charge in [0, 0.05) is 23.3 Å². The Kier molecular flexibility index (Phi) is 5.72. The fourth-order valence-corrected chi connectivity index (χ4v) is 2.86. The summed E-state index contributed by atoms with van der Waals surface area (Å²) in [4.78, 5) is 21.3. The third kappa shape index (κ3) is 4.83. The predicted octanol–water partition coefficient (Wildman–Crippen LogP) is 4.92. The molecule has 6 heteroatoms. The summed E-state index contributed by atoms with van der Waals surface area (Å²) in [7, 11) is 0. The number of aromatic nitrogens is 2. The quantitative estimate of drug-likeness (QED) is 0.659. The van der Waals surface area contributed by atoms with Gasteiger partial charge in [-0.3, -0.25) is 4.79 Å². The number of carbonyl (C=O) groups is 1. The van der Waals surface area contributed by atoms with Gasteiger partial charge < -0.3 is 10.6 Å². The van der Waals surface area contributed by atoms with E-state index in [1.54, 1.807) is 25.1 Å². The molecule has 0 atom stereocenters. The zero-order valence-corrected chi connectivity index (χ0v) is 16.3. The second-order valence-electron chi connectivity index (χ2n) is 6.38. The minimum absolute atomic E-state index is 0.300. The van der Waals surface area contributed by atoms with Crippen molar-refractivity contribution in [1.82, 2.24) is 9.97 Å². The lowest BCUT2D eigenvalue weighted by Gasteiger charge is -2.11. The highest BCUT2D eigenvalue weighted by Gasteiger charge is 2.12. The van der Waals surface area contributed by atoms with E-state index in [2.05, 4.69) is 39.7 Å². The minimum Gasteiger partial charge on any atom is -0.366 e. The van der Waals surface area contributed by atoms with Crippen LogP contribution in [0.5, 0.6) is 0 Å². The van der Waals surface area contributed by atoms with E-state index in [1.165, 1.54) is 11.1 Å². The molecule has 0 fully saturated rings. The Hall–Kier alpha value is -2.92. The number of hydrogen-bond acceptors (Lipinski definition) is 4. The standard InChI is InChI=1S/C21H21ClN4O/c1-13-6-4-5-7-16(13)12-23-20-11-19(24-15(3)25-20)21(27)26-18-10-17(22)9-8-14(18)2/h4-11H,12H2,1-3H3,(H,26,27)(H,23,24,25). The number of anilines is 2. The maximum absolute atomic E-state index is 12.6. The number of nitrogens with zero attached hydrogens (tertiary/aromatic N) is 2. The van der Waals surface area contributed by atoms with Crippen LogP contribution < -0.4 is 10.6 Å². The summed E-state index contributed by atoms with van der Waals surface area (Å²) >= 11 is 6.02. The van der Waals surface area contributed by atoms with Crippen LogP contribution in [0.3, 0.4) is 0 Å². The Morgan fingerprint density at radius 2 is 1.78 bits per heavy atom. The molecule has 5 nitrogen and oxygen atoms in total. The number of amides is 1. The van der Waals surface area contributed by atoms with Crippen molar-refractivity contribution in [3.05, 3.63) is 81.8 Å². The molecule has 1 heterocycles. The van der Waals surface area contributed by atoms with Gasteiger partial charge in [-0.25, -0.2) is 9.97 Å². The Morgan fingerprint density at radius 3 is 2.56 bits per heavy atom. The van der Waals surface area contributed by atoms with Crippen molar-refractivity contribution >= 4 is 29.0 Å². The number of benzene rings is 2. The lowest BCUT2D eigenvalue weighted by atomic mass is 10.1. The summed E-state index contributed by atoms with van der Waals surface area (Å²) in [6.07, 6.45) is 0. The molecule has 0 aliphatic heterocycles. The van der Waals surface area contributed by atoms with Crippen molar-refractivity contribution in [3.63, 3.8) is 0 Å². The first-order chi connectivity index (χ1) is 12.9. The number of carbonyl (C=O) groups excluding carboxylic acids is 1. The lowest BCUT2D eigenvalue weighted by Crippen LogP contribution is -2.16. The van der Waals surface area contributed by atoms with Gasteiger partial charge in [0.15, 0.2) is 0 Å². The topological polar surface area (TPSA) is 66.9 Å². The number of hydrogen-bond donors (Lipinski definition) is 2. The molecule has 0 saturated carbocycles. The molecule has 2 aromatic carbocycles. The van der Waals surface area contributed by atoms with E-state index < -0.39 is 0 Å². The average Bonchev–Trinajstić information content (AvgIpc) is 2.63. The van der Waals surface area contributed by atoms with Crippen LogP contribution in [-0.2, 0) is 6.54 Å². The molecule has 0 spiro atoms. The van der Waals surface area contributed by atoms with Gasteiger partial charge in [0.1, 0.15) is 17.3 Å². The summed E-state index contributed by atoms with van der Waals surface area (Å²) in [5.41, 5.74) is 4.27. The lowest BCUT2D eigenvalue weighted by molar-refractivity contribution is 0.102. The van der Waals surface area contributed by atoms with Gasteiger partial charge in [-0.15, -0.1) is 0 Å².